The van der Waals surface area contributed by atoms with Gasteiger partial charge in [-0.2, -0.15) is 0 Å². The van der Waals surface area contributed by atoms with Crippen molar-refractivity contribution in [2.45, 2.75) is 45.6 Å². The minimum absolute atomic E-state index is 0.0638. The number of rotatable bonds is 2. The summed E-state index contributed by atoms with van der Waals surface area (Å²) in [6.07, 6.45) is 0.428. The van der Waals surface area contributed by atoms with E-state index in [1.54, 1.807) is 11.3 Å². The van der Waals surface area contributed by atoms with E-state index in [1.165, 1.54) is 0 Å². The molecular weight excluding hydrogens is 258 g/mol. The van der Waals surface area contributed by atoms with Crippen molar-refractivity contribution in [1.29, 1.82) is 0 Å². The van der Waals surface area contributed by atoms with Crippen LogP contribution in [0.1, 0.15) is 38.4 Å². The van der Waals surface area contributed by atoms with Crippen molar-refractivity contribution < 1.29 is 4.79 Å². The highest BCUT2D eigenvalue weighted by molar-refractivity contribution is 7.09. The SMILES string of the molecule is C[C@@H]1CNCCN1C(=O)Cc1csc(C(C)(C)C)n1. The Bertz CT molecular complexity index is 450. The van der Waals surface area contributed by atoms with Crippen LogP contribution in [0, 0.1) is 0 Å². The summed E-state index contributed by atoms with van der Waals surface area (Å²) in [4.78, 5) is 18.9. The van der Waals surface area contributed by atoms with Gasteiger partial charge in [0.2, 0.25) is 5.91 Å². The average molecular weight is 281 g/mol. The molecule has 2 rings (SSSR count). The number of nitrogens with zero attached hydrogens (tertiary/aromatic N) is 2. The van der Waals surface area contributed by atoms with Gasteiger partial charge in [-0.3, -0.25) is 4.79 Å². The predicted octanol–water partition coefficient (Wildman–Crippen LogP) is 1.80. The first-order valence-corrected chi connectivity index (χ1v) is 7.71. The van der Waals surface area contributed by atoms with Crippen LogP contribution in [0.5, 0.6) is 0 Å². The number of amides is 1. The van der Waals surface area contributed by atoms with Crippen molar-refractivity contribution in [2.24, 2.45) is 0 Å². The Hall–Kier alpha value is -0.940. The van der Waals surface area contributed by atoms with Crippen molar-refractivity contribution in [3.8, 4) is 0 Å². The van der Waals surface area contributed by atoms with Crippen molar-refractivity contribution in [3.63, 3.8) is 0 Å². The van der Waals surface area contributed by atoms with Gasteiger partial charge >= 0.3 is 0 Å². The number of piperazine rings is 1. The first kappa shape index (κ1) is 14.5. The molecule has 1 aromatic rings. The van der Waals surface area contributed by atoms with E-state index in [4.69, 9.17) is 0 Å². The Morgan fingerprint density at radius 1 is 1.58 bits per heavy atom. The molecule has 1 N–H and O–H groups in total. The van der Waals surface area contributed by atoms with Crippen LogP contribution in [-0.4, -0.2) is 41.5 Å². The molecule has 0 spiro atoms. The van der Waals surface area contributed by atoms with Gasteiger partial charge in [-0.05, 0) is 6.92 Å². The summed E-state index contributed by atoms with van der Waals surface area (Å²) < 4.78 is 0. The predicted molar refractivity (Wildman–Crippen MR) is 78.6 cm³/mol. The molecule has 1 aliphatic rings. The molecular formula is C14H23N3OS. The van der Waals surface area contributed by atoms with Crippen molar-refractivity contribution in [2.75, 3.05) is 19.6 Å². The van der Waals surface area contributed by atoms with Crippen LogP contribution < -0.4 is 5.32 Å². The molecule has 0 unspecified atom stereocenters. The normalized spacial score (nSPS) is 20.6. The molecule has 1 aliphatic heterocycles. The van der Waals surface area contributed by atoms with Gasteiger partial charge < -0.3 is 10.2 Å². The van der Waals surface area contributed by atoms with Crippen LogP contribution in [0.15, 0.2) is 5.38 Å². The zero-order chi connectivity index (χ0) is 14.0. The minimum atomic E-state index is 0.0638. The number of hydrogen-bond acceptors (Lipinski definition) is 4. The Kier molecular flexibility index (Phi) is 4.26. The first-order valence-electron chi connectivity index (χ1n) is 6.83. The number of carbonyl (C=O) groups is 1. The van der Waals surface area contributed by atoms with E-state index in [2.05, 4.69) is 38.0 Å². The molecule has 0 saturated carbocycles. The summed E-state index contributed by atoms with van der Waals surface area (Å²) in [5.41, 5.74) is 0.972. The molecule has 1 amide bonds. The van der Waals surface area contributed by atoms with Gasteiger partial charge in [-0.15, -0.1) is 11.3 Å². The van der Waals surface area contributed by atoms with Crippen LogP contribution in [0.25, 0.3) is 0 Å². The zero-order valence-corrected chi connectivity index (χ0v) is 13.0. The minimum Gasteiger partial charge on any atom is -0.337 e. The molecule has 0 bridgehead atoms. The van der Waals surface area contributed by atoms with Crippen LogP contribution in [0.2, 0.25) is 0 Å². The molecule has 4 nitrogen and oxygen atoms in total. The van der Waals surface area contributed by atoms with Gasteiger partial charge in [0.15, 0.2) is 0 Å². The number of nitrogens with one attached hydrogen (secondary N) is 1. The summed E-state index contributed by atoms with van der Waals surface area (Å²) >= 11 is 1.65. The highest BCUT2D eigenvalue weighted by atomic mass is 32.1. The lowest BCUT2D eigenvalue weighted by atomic mass is 9.98. The molecule has 106 valence electrons. The van der Waals surface area contributed by atoms with Crippen molar-refractivity contribution >= 4 is 17.2 Å². The monoisotopic (exact) mass is 281 g/mol. The van der Waals surface area contributed by atoms with Gasteiger partial charge in [0.25, 0.3) is 0 Å². The smallest absolute Gasteiger partial charge is 0.228 e. The quantitative estimate of drug-likeness (QED) is 0.899. The van der Waals surface area contributed by atoms with Crippen LogP contribution in [0.4, 0.5) is 0 Å². The van der Waals surface area contributed by atoms with Crippen LogP contribution >= 0.6 is 11.3 Å². The third-order valence-corrected chi connectivity index (χ3v) is 4.66. The highest BCUT2D eigenvalue weighted by Gasteiger charge is 2.24. The Morgan fingerprint density at radius 2 is 2.32 bits per heavy atom. The molecule has 1 saturated heterocycles. The summed E-state index contributed by atoms with van der Waals surface area (Å²) in [7, 11) is 0. The van der Waals surface area contributed by atoms with E-state index in [-0.39, 0.29) is 17.4 Å². The van der Waals surface area contributed by atoms with E-state index in [0.717, 1.165) is 30.3 Å². The second-order valence-corrected chi connectivity index (χ2v) is 7.07. The lowest BCUT2D eigenvalue weighted by Gasteiger charge is -2.33. The largest absolute Gasteiger partial charge is 0.337 e. The van der Waals surface area contributed by atoms with Crippen molar-refractivity contribution in [3.05, 3.63) is 16.1 Å². The van der Waals surface area contributed by atoms with Crippen LogP contribution in [0.3, 0.4) is 0 Å². The topological polar surface area (TPSA) is 45.2 Å². The van der Waals surface area contributed by atoms with E-state index in [1.807, 2.05) is 10.3 Å². The molecule has 2 heterocycles. The Labute approximate surface area is 119 Å². The fraction of sp³-hybridized carbons (Fsp3) is 0.714. The molecule has 19 heavy (non-hydrogen) atoms. The van der Waals surface area contributed by atoms with Gasteiger partial charge in [0.05, 0.1) is 17.1 Å². The first-order chi connectivity index (χ1) is 8.88. The molecule has 1 fully saturated rings. The molecule has 5 heteroatoms. The van der Waals surface area contributed by atoms with Crippen LogP contribution in [-0.2, 0) is 16.6 Å². The summed E-state index contributed by atoms with van der Waals surface area (Å²) in [6, 6.07) is 0.280. The van der Waals surface area contributed by atoms with E-state index in [9.17, 15) is 4.79 Å². The fourth-order valence-electron chi connectivity index (χ4n) is 2.20. The van der Waals surface area contributed by atoms with Gasteiger partial charge in [0, 0.05) is 36.5 Å². The molecule has 0 radical (unpaired) electrons. The maximum Gasteiger partial charge on any atom is 0.228 e. The Balaban J connectivity index is 2.00. The third-order valence-electron chi connectivity index (χ3n) is 3.35. The van der Waals surface area contributed by atoms with E-state index >= 15 is 0 Å². The number of carbonyl (C=O) groups excluding carboxylic acids is 1. The van der Waals surface area contributed by atoms with Gasteiger partial charge in [-0.25, -0.2) is 4.98 Å². The van der Waals surface area contributed by atoms with Gasteiger partial charge in [-0.1, -0.05) is 20.8 Å². The lowest BCUT2D eigenvalue weighted by Crippen LogP contribution is -2.52. The van der Waals surface area contributed by atoms with E-state index < -0.39 is 0 Å². The third kappa shape index (κ3) is 3.54. The highest BCUT2D eigenvalue weighted by Crippen LogP contribution is 2.25. The fourth-order valence-corrected chi connectivity index (χ4v) is 3.11. The summed E-state index contributed by atoms with van der Waals surface area (Å²) in [6.45, 7) is 11.1. The standard InChI is InChI=1S/C14H23N3OS/c1-10-8-15-5-6-17(10)12(18)7-11-9-19-13(16-11)14(2,3)4/h9-10,15H,5-8H2,1-4H3/t10-/m1/s1. The maximum atomic E-state index is 12.3. The zero-order valence-electron chi connectivity index (χ0n) is 12.2. The number of hydrogen-bond donors (Lipinski definition) is 1. The second-order valence-electron chi connectivity index (χ2n) is 6.21. The molecule has 1 atom stereocenters. The lowest BCUT2D eigenvalue weighted by molar-refractivity contribution is -0.133. The van der Waals surface area contributed by atoms with Crippen molar-refractivity contribution in [1.82, 2.24) is 15.2 Å². The van der Waals surface area contributed by atoms with Gasteiger partial charge in [0.1, 0.15) is 0 Å². The maximum absolute atomic E-state index is 12.3. The summed E-state index contributed by atoms with van der Waals surface area (Å²) in [5.74, 6) is 0.194. The molecule has 0 aliphatic carbocycles. The second kappa shape index (κ2) is 5.59. The summed E-state index contributed by atoms with van der Waals surface area (Å²) in [5, 5.41) is 6.42. The Morgan fingerprint density at radius 3 is 2.89 bits per heavy atom. The number of thiazole rings is 1. The number of aromatic nitrogens is 1. The van der Waals surface area contributed by atoms with E-state index in [0.29, 0.717) is 6.42 Å². The average Bonchev–Trinajstić information content (AvgIpc) is 2.77. The molecule has 1 aromatic heterocycles. The molecule has 0 aromatic carbocycles.